The van der Waals surface area contributed by atoms with Crippen LogP contribution in [0, 0.1) is 5.92 Å². The Kier molecular flexibility index (Phi) is 6.69. The summed E-state index contributed by atoms with van der Waals surface area (Å²) in [6.07, 6.45) is 2.84. The van der Waals surface area contributed by atoms with Crippen LogP contribution in [0.2, 0.25) is 0 Å². The Morgan fingerprint density at radius 1 is 1.39 bits per heavy atom. The van der Waals surface area contributed by atoms with Gasteiger partial charge in [-0.15, -0.1) is 12.4 Å². The molecule has 5 nitrogen and oxygen atoms in total. The molecule has 1 amide bonds. The Hall–Kier alpha value is -1.30. The third kappa shape index (κ3) is 5.09. The third-order valence-electron chi connectivity index (χ3n) is 4.32. The minimum absolute atomic E-state index is 0. The van der Waals surface area contributed by atoms with E-state index < -0.39 is 0 Å². The summed E-state index contributed by atoms with van der Waals surface area (Å²) in [5, 5.41) is 6.53. The lowest BCUT2D eigenvalue weighted by molar-refractivity contribution is -0.123. The van der Waals surface area contributed by atoms with Gasteiger partial charge in [0.05, 0.1) is 26.4 Å². The van der Waals surface area contributed by atoms with Crippen LogP contribution in [0.3, 0.4) is 0 Å². The summed E-state index contributed by atoms with van der Waals surface area (Å²) in [6, 6.07) is 8.24. The minimum Gasteiger partial charge on any atom is -0.497 e. The summed E-state index contributed by atoms with van der Waals surface area (Å²) in [5.74, 6) is 1.50. The van der Waals surface area contributed by atoms with E-state index in [4.69, 9.17) is 9.47 Å². The van der Waals surface area contributed by atoms with Gasteiger partial charge < -0.3 is 20.1 Å². The van der Waals surface area contributed by atoms with E-state index in [0.29, 0.717) is 18.9 Å². The van der Waals surface area contributed by atoms with Crippen molar-refractivity contribution in [3.05, 3.63) is 29.8 Å². The number of morpholine rings is 1. The molecular formula is C17H25ClN2O3. The number of benzene rings is 1. The molecule has 1 aliphatic heterocycles. The maximum absolute atomic E-state index is 12.3. The number of nitrogens with one attached hydrogen (secondary N) is 2. The van der Waals surface area contributed by atoms with Crippen LogP contribution >= 0.6 is 12.4 Å². The molecule has 6 heteroatoms. The fraction of sp³-hybridized carbons (Fsp3) is 0.588. The van der Waals surface area contributed by atoms with Gasteiger partial charge in [0.25, 0.3) is 0 Å². The van der Waals surface area contributed by atoms with Crippen molar-refractivity contribution in [3.8, 4) is 5.75 Å². The lowest BCUT2D eigenvalue weighted by Crippen LogP contribution is -2.44. The van der Waals surface area contributed by atoms with E-state index >= 15 is 0 Å². The molecule has 0 aromatic heterocycles. The zero-order valence-electron chi connectivity index (χ0n) is 13.4. The number of amides is 1. The van der Waals surface area contributed by atoms with Crippen LogP contribution < -0.4 is 15.4 Å². The quantitative estimate of drug-likeness (QED) is 0.832. The van der Waals surface area contributed by atoms with Gasteiger partial charge in [-0.05, 0) is 36.5 Å². The molecule has 2 unspecified atom stereocenters. The Labute approximate surface area is 143 Å². The first-order valence-corrected chi connectivity index (χ1v) is 8.00. The van der Waals surface area contributed by atoms with Crippen LogP contribution in [0.15, 0.2) is 24.3 Å². The molecule has 1 aromatic rings. The summed E-state index contributed by atoms with van der Waals surface area (Å²) in [7, 11) is 1.66. The Balaban J connectivity index is 0.00000192. The zero-order chi connectivity index (χ0) is 15.4. The predicted octanol–water partition coefficient (Wildman–Crippen LogP) is 2.06. The number of hydrogen-bond donors (Lipinski definition) is 2. The van der Waals surface area contributed by atoms with Crippen molar-refractivity contribution in [3.63, 3.8) is 0 Å². The topological polar surface area (TPSA) is 59.6 Å². The molecule has 2 atom stereocenters. The first-order chi connectivity index (χ1) is 10.8. The number of hydrogen-bond acceptors (Lipinski definition) is 4. The fourth-order valence-corrected chi connectivity index (χ4v) is 2.92. The lowest BCUT2D eigenvalue weighted by Gasteiger charge is -2.25. The van der Waals surface area contributed by atoms with E-state index in [0.717, 1.165) is 24.5 Å². The van der Waals surface area contributed by atoms with E-state index in [9.17, 15) is 4.79 Å². The van der Waals surface area contributed by atoms with Crippen molar-refractivity contribution in [2.45, 2.75) is 31.3 Å². The Morgan fingerprint density at radius 3 is 2.70 bits per heavy atom. The molecule has 1 heterocycles. The number of methoxy groups -OCH3 is 1. The average Bonchev–Trinajstić information content (AvgIpc) is 3.38. The van der Waals surface area contributed by atoms with Gasteiger partial charge in [-0.2, -0.15) is 0 Å². The number of carbonyl (C=O) groups excluding carboxylic acids is 1. The van der Waals surface area contributed by atoms with Crippen molar-refractivity contribution in [2.24, 2.45) is 5.92 Å². The zero-order valence-corrected chi connectivity index (χ0v) is 14.2. The third-order valence-corrected chi connectivity index (χ3v) is 4.32. The van der Waals surface area contributed by atoms with Crippen LogP contribution in [0.4, 0.5) is 0 Å². The number of halogens is 1. The van der Waals surface area contributed by atoms with Crippen LogP contribution in [0.25, 0.3) is 0 Å². The summed E-state index contributed by atoms with van der Waals surface area (Å²) in [4.78, 5) is 12.3. The second-order valence-electron chi connectivity index (χ2n) is 6.09. The SMILES string of the molecule is COc1ccc(C(NC(=O)CC2COCCN2)C2CC2)cc1.Cl. The van der Waals surface area contributed by atoms with Gasteiger partial charge in [0.2, 0.25) is 5.91 Å². The molecule has 1 saturated heterocycles. The molecule has 1 aromatic carbocycles. The van der Waals surface area contributed by atoms with Crippen LogP contribution in [-0.2, 0) is 9.53 Å². The van der Waals surface area contributed by atoms with Gasteiger partial charge in [0, 0.05) is 19.0 Å². The fourth-order valence-electron chi connectivity index (χ4n) is 2.92. The van der Waals surface area contributed by atoms with Crippen molar-refractivity contribution in [2.75, 3.05) is 26.9 Å². The van der Waals surface area contributed by atoms with E-state index in [1.165, 1.54) is 12.8 Å². The molecule has 23 heavy (non-hydrogen) atoms. The van der Waals surface area contributed by atoms with Crippen LogP contribution in [-0.4, -0.2) is 38.8 Å². The molecule has 128 valence electrons. The summed E-state index contributed by atoms with van der Waals surface area (Å²) in [5.41, 5.74) is 1.16. The highest BCUT2D eigenvalue weighted by Crippen LogP contribution is 2.41. The first-order valence-electron chi connectivity index (χ1n) is 8.00. The normalized spacial score (nSPS) is 21.9. The van der Waals surface area contributed by atoms with Gasteiger partial charge in [0.15, 0.2) is 0 Å². The van der Waals surface area contributed by atoms with E-state index in [2.05, 4.69) is 10.6 Å². The van der Waals surface area contributed by atoms with Gasteiger partial charge in [-0.1, -0.05) is 12.1 Å². The van der Waals surface area contributed by atoms with Crippen molar-refractivity contribution >= 4 is 18.3 Å². The van der Waals surface area contributed by atoms with E-state index in [1.807, 2.05) is 24.3 Å². The Bertz CT molecular complexity index is 499. The molecule has 2 N–H and O–H groups in total. The number of carbonyl (C=O) groups is 1. The largest absolute Gasteiger partial charge is 0.497 e. The van der Waals surface area contributed by atoms with Gasteiger partial charge >= 0.3 is 0 Å². The second kappa shape index (κ2) is 8.52. The molecule has 0 radical (unpaired) electrons. The van der Waals surface area contributed by atoms with Crippen molar-refractivity contribution in [1.82, 2.24) is 10.6 Å². The first kappa shape index (κ1) is 18.0. The smallest absolute Gasteiger partial charge is 0.222 e. The molecule has 2 fully saturated rings. The molecule has 2 aliphatic rings. The van der Waals surface area contributed by atoms with Crippen molar-refractivity contribution in [1.29, 1.82) is 0 Å². The maximum atomic E-state index is 12.3. The van der Waals surface area contributed by atoms with Crippen molar-refractivity contribution < 1.29 is 14.3 Å². The highest BCUT2D eigenvalue weighted by Gasteiger charge is 2.33. The second-order valence-corrected chi connectivity index (χ2v) is 6.09. The summed E-state index contributed by atoms with van der Waals surface area (Å²) in [6.45, 7) is 2.17. The van der Waals surface area contributed by atoms with Crippen LogP contribution in [0.1, 0.15) is 30.9 Å². The molecule has 0 spiro atoms. The predicted molar refractivity (Wildman–Crippen MR) is 91.1 cm³/mol. The minimum atomic E-state index is 0. The molecule has 1 aliphatic carbocycles. The van der Waals surface area contributed by atoms with Gasteiger partial charge in [-0.3, -0.25) is 4.79 Å². The lowest BCUT2D eigenvalue weighted by atomic mass is 10.0. The summed E-state index contributed by atoms with van der Waals surface area (Å²) >= 11 is 0. The summed E-state index contributed by atoms with van der Waals surface area (Å²) < 4.78 is 10.6. The molecular weight excluding hydrogens is 316 g/mol. The van der Waals surface area contributed by atoms with Gasteiger partial charge in [0.1, 0.15) is 5.75 Å². The number of rotatable bonds is 6. The highest BCUT2D eigenvalue weighted by atomic mass is 35.5. The highest BCUT2D eigenvalue weighted by molar-refractivity contribution is 5.85. The Morgan fingerprint density at radius 2 is 2.13 bits per heavy atom. The molecule has 0 bridgehead atoms. The van der Waals surface area contributed by atoms with Crippen LogP contribution in [0.5, 0.6) is 5.75 Å². The van der Waals surface area contributed by atoms with E-state index in [1.54, 1.807) is 7.11 Å². The number of ether oxygens (including phenoxy) is 2. The standard InChI is InChI=1S/C17H24N2O3.ClH/c1-21-15-6-4-13(5-7-15)17(12-2-3-12)19-16(20)10-14-11-22-9-8-18-14;/h4-7,12,14,17-18H,2-3,8-11H2,1H3,(H,19,20);1H. The molecule has 1 saturated carbocycles. The average molecular weight is 341 g/mol. The van der Waals surface area contributed by atoms with E-state index in [-0.39, 0.29) is 30.4 Å². The molecule has 3 rings (SSSR count). The maximum Gasteiger partial charge on any atom is 0.222 e. The van der Waals surface area contributed by atoms with Gasteiger partial charge in [-0.25, -0.2) is 0 Å². The monoisotopic (exact) mass is 340 g/mol.